The Morgan fingerprint density at radius 3 is 2.47 bits per heavy atom. The van der Waals surface area contributed by atoms with Gasteiger partial charge in [-0.1, -0.05) is 31.4 Å². The van der Waals surface area contributed by atoms with Crippen molar-refractivity contribution in [1.29, 1.82) is 0 Å². The molecule has 4 heteroatoms. The van der Waals surface area contributed by atoms with Crippen molar-refractivity contribution in [1.82, 2.24) is 4.98 Å². The van der Waals surface area contributed by atoms with Crippen LogP contribution in [0.1, 0.15) is 32.1 Å². The van der Waals surface area contributed by atoms with E-state index in [0.29, 0.717) is 6.04 Å². The normalized spacial score (nSPS) is 16.6. The number of nitrogens with two attached hydrogens (primary N) is 1. The maximum atomic E-state index is 5.63. The van der Waals surface area contributed by atoms with E-state index >= 15 is 0 Å². The second kappa shape index (κ2) is 6.38. The molecule has 1 aromatic heterocycles. The van der Waals surface area contributed by atoms with Crippen LogP contribution in [0.4, 0.5) is 0 Å². The zero-order chi connectivity index (χ0) is 12.1. The summed E-state index contributed by atoms with van der Waals surface area (Å²) in [5.41, 5.74) is 6.67. The number of thiol groups is 1. The van der Waals surface area contributed by atoms with E-state index in [1.54, 1.807) is 11.3 Å². The first-order chi connectivity index (χ1) is 8.25. The van der Waals surface area contributed by atoms with Crippen LogP contribution in [-0.4, -0.2) is 11.0 Å². The van der Waals surface area contributed by atoms with Gasteiger partial charge in [0.25, 0.3) is 0 Å². The maximum Gasteiger partial charge on any atom is 0.148 e. The van der Waals surface area contributed by atoms with E-state index in [9.17, 15) is 0 Å². The molecule has 0 amide bonds. The topological polar surface area (TPSA) is 38.9 Å². The molecule has 1 aliphatic carbocycles. The number of thiazole rings is 1. The summed E-state index contributed by atoms with van der Waals surface area (Å²) in [5, 5.41) is 0. The Kier molecular flexibility index (Phi) is 4.83. The lowest BCUT2D eigenvalue weighted by atomic mass is 9.97. The van der Waals surface area contributed by atoms with Gasteiger partial charge in [-0.05, 0) is 25.0 Å². The largest absolute Gasteiger partial charge is 0.328 e. The molecule has 0 unspecified atom stereocenters. The predicted molar refractivity (Wildman–Crippen MR) is 77.9 cm³/mol. The molecule has 0 radical (unpaired) electrons. The first-order valence-electron chi connectivity index (χ1n) is 6.06. The minimum absolute atomic E-state index is 0.536. The van der Waals surface area contributed by atoms with Gasteiger partial charge in [-0.2, -0.15) is 0 Å². The summed E-state index contributed by atoms with van der Waals surface area (Å²) < 4.78 is 2.04. The van der Waals surface area contributed by atoms with E-state index in [0.717, 1.165) is 9.86 Å². The summed E-state index contributed by atoms with van der Waals surface area (Å²) in [6, 6.07) is 8.56. The SMILES string of the molecule is NC1CCCCC1.Sc1nc2ccccc2s1. The number of rotatable bonds is 0. The number of aromatic nitrogens is 1. The van der Waals surface area contributed by atoms with Crippen molar-refractivity contribution in [2.24, 2.45) is 5.73 Å². The van der Waals surface area contributed by atoms with Crippen LogP contribution in [0.15, 0.2) is 28.6 Å². The minimum atomic E-state index is 0.536. The highest BCUT2D eigenvalue weighted by Crippen LogP contribution is 2.23. The van der Waals surface area contributed by atoms with Gasteiger partial charge in [-0.15, -0.1) is 24.0 Å². The monoisotopic (exact) mass is 266 g/mol. The van der Waals surface area contributed by atoms with Crippen LogP contribution in [0.2, 0.25) is 0 Å². The Morgan fingerprint density at radius 1 is 1.18 bits per heavy atom. The molecule has 1 aliphatic rings. The van der Waals surface area contributed by atoms with Gasteiger partial charge in [-0.25, -0.2) is 4.98 Å². The standard InChI is InChI=1S/C7H5NS2.C6H13N/c9-7-8-5-3-1-2-4-6(5)10-7;7-6-4-2-1-3-5-6/h1-4H,(H,8,9);6H,1-5,7H2. The van der Waals surface area contributed by atoms with Gasteiger partial charge < -0.3 is 5.73 Å². The van der Waals surface area contributed by atoms with Gasteiger partial charge in [-0.3, -0.25) is 0 Å². The molecule has 0 bridgehead atoms. The lowest BCUT2D eigenvalue weighted by Gasteiger charge is -2.15. The van der Waals surface area contributed by atoms with Crippen molar-refractivity contribution in [2.75, 3.05) is 0 Å². The van der Waals surface area contributed by atoms with Crippen LogP contribution in [0.25, 0.3) is 10.2 Å². The molecule has 2 N–H and O–H groups in total. The van der Waals surface area contributed by atoms with E-state index in [2.05, 4.69) is 17.6 Å². The summed E-state index contributed by atoms with van der Waals surface area (Å²) in [6.45, 7) is 0. The van der Waals surface area contributed by atoms with Crippen molar-refractivity contribution in [2.45, 2.75) is 42.5 Å². The van der Waals surface area contributed by atoms with Crippen LogP contribution >= 0.6 is 24.0 Å². The molecule has 0 atom stereocenters. The fraction of sp³-hybridized carbons (Fsp3) is 0.462. The Labute approximate surface area is 112 Å². The van der Waals surface area contributed by atoms with Gasteiger partial charge in [0.1, 0.15) is 4.34 Å². The Morgan fingerprint density at radius 2 is 1.88 bits per heavy atom. The first kappa shape index (κ1) is 12.9. The van der Waals surface area contributed by atoms with Gasteiger partial charge in [0.2, 0.25) is 0 Å². The van der Waals surface area contributed by atoms with E-state index < -0.39 is 0 Å². The average molecular weight is 266 g/mol. The van der Waals surface area contributed by atoms with Crippen LogP contribution < -0.4 is 5.73 Å². The van der Waals surface area contributed by atoms with E-state index in [1.165, 1.54) is 36.8 Å². The number of para-hydroxylation sites is 1. The van der Waals surface area contributed by atoms with Crippen molar-refractivity contribution >= 4 is 34.2 Å². The third kappa shape index (κ3) is 3.98. The molecule has 1 heterocycles. The number of fused-ring (bicyclic) bond motifs is 1. The molecular formula is C13H18N2S2. The molecule has 1 fully saturated rings. The fourth-order valence-electron chi connectivity index (χ4n) is 1.99. The van der Waals surface area contributed by atoms with E-state index in [1.807, 2.05) is 24.3 Å². The van der Waals surface area contributed by atoms with Crippen LogP contribution in [-0.2, 0) is 0 Å². The van der Waals surface area contributed by atoms with Gasteiger partial charge in [0.05, 0.1) is 10.2 Å². The Balaban J connectivity index is 0.000000136. The smallest absolute Gasteiger partial charge is 0.148 e. The molecule has 0 saturated heterocycles. The Hall–Kier alpha value is -0.580. The molecule has 1 saturated carbocycles. The highest BCUT2D eigenvalue weighted by molar-refractivity contribution is 7.82. The molecule has 0 spiro atoms. The Bertz CT molecular complexity index is 428. The summed E-state index contributed by atoms with van der Waals surface area (Å²) in [6.07, 6.45) is 6.66. The van der Waals surface area contributed by atoms with E-state index in [4.69, 9.17) is 5.73 Å². The molecule has 92 valence electrons. The van der Waals surface area contributed by atoms with Crippen LogP contribution in [0.3, 0.4) is 0 Å². The van der Waals surface area contributed by atoms with E-state index in [-0.39, 0.29) is 0 Å². The highest BCUT2D eigenvalue weighted by Gasteiger charge is 2.06. The number of benzene rings is 1. The molecule has 2 aromatic rings. The third-order valence-corrected chi connectivity index (χ3v) is 4.15. The fourth-order valence-corrected chi connectivity index (χ4v) is 3.10. The van der Waals surface area contributed by atoms with Gasteiger partial charge in [0.15, 0.2) is 0 Å². The zero-order valence-corrected chi connectivity index (χ0v) is 11.5. The second-order valence-corrected chi connectivity index (χ2v) is 6.12. The summed E-state index contributed by atoms with van der Waals surface area (Å²) in [5.74, 6) is 0. The lowest BCUT2D eigenvalue weighted by Crippen LogP contribution is -2.22. The van der Waals surface area contributed by atoms with Crippen molar-refractivity contribution < 1.29 is 0 Å². The van der Waals surface area contributed by atoms with Crippen molar-refractivity contribution in [3.8, 4) is 0 Å². The molecule has 3 rings (SSSR count). The molecular weight excluding hydrogens is 248 g/mol. The van der Waals surface area contributed by atoms with Gasteiger partial charge in [0, 0.05) is 6.04 Å². The highest BCUT2D eigenvalue weighted by atomic mass is 32.2. The van der Waals surface area contributed by atoms with Crippen LogP contribution in [0.5, 0.6) is 0 Å². The number of hydrogen-bond donors (Lipinski definition) is 2. The average Bonchev–Trinajstić information content (AvgIpc) is 2.71. The summed E-state index contributed by atoms with van der Waals surface area (Å²) >= 11 is 5.76. The second-order valence-electron chi connectivity index (χ2n) is 4.36. The molecule has 17 heavy (non-hydrogen) atoms. The first-order valence-corrected chi connectivity index (χ1v) is 7.32. The van der Waals surface area contributed by atoms with Crippen molar-refractivity contribution in [3.63, 3.8) is 0 Å². The number of hydrogen-bond acceptors (Lipinski definition) is 4. The predicted octanol–water partition coefficient (Wildman–Crippen LogP) is 3.86. The molecule has 2 nitrogen and oxygen atoms in total. The molecule has 1 aromatic carbocycles. The lowest BCUT2D eigenvalue weighted by molar-refractivity contribution is 0.441. The number of nitrogens with zero attached hydrogens (tertiary/aromatic N) is 1. The zero-order valence-electron chi connectivity index (χ0n) is 9.80. The molecule has 0 aliphatic heterocycles. The summed E-state index contributed by atoms with van der Waals surface area (Å²) in [7, 11) is 0. The van der Waals surface area contributed by atoms with Crippen molar-refractivity contribution in [3.05, 3.63) is 24.3 Å². The van der Waals surface area contributed by atoms with Crippen LogP contribution in [0, 0.1) is 0 Å². The maximum absolute atomic E-state index is 5.63. The minimum Gasteiger partial charge on any atom is -0.328 e. The quantitative estimate of drug-likeness (QED) is 0.711. The van der Waals surface area contributed by atoms with Gasteiger partial charge >= 0.3 is 0 Å². The summed E-state index contributed by atoms with van der Waals surface area (Å²) in [4.78, 5) is 4.20. The third-order valence-electron chi connectivity index (χ3n) is 2.93.